The topological polar surface area (TPSA) is 43.4 Å². The van der Waals surface area contributed by atoms with Gasteiger partial charge in [0.15, 0.2) is 0 Å². The Balaban J connectivity index is 3.04. The van der Waals surface area contributed by atoms with Gasteiger partial charge in [-0.3, -0.25) is 9.59 Å². The molecule has 4 heteroatoms. The minimum absolute atomic E-state index is 0.170. The summed E-state index contributed by atoms with van der Waals surface area (Å²) in [6, 6.07) is 7.59. The lowest BCUT2D eigenvalue weighted by Crippen LogP contribution is -2.29. The largest absolute Gasteiger partial charge is 0.465 e. The number of benzene rings is 1. The van der Waals surface area contributed by atoms with Crippen LogP contribution in [0.15, 0.2) is 28.7 Å². The number of hydrogen-bond acceptors (Lipinski definition) is 3. The van der Waals surface area contributed by atoms with E-state index in [1.54, 1.807) is 6.92 Å². The van der Waals surface area contributed by atoms with Gasteiger partial charge in [0.05, 0.1) is 6.61 Å². The van der Waals surface area contributed by atoms with E-state index in [2.05, 4.69) is 15.9 Å². The van der Waals surface area contributed by atoms with Crippen LogP contribution in [0.3, 0.4) is 0 Å². The molecule has 0 amide bonds. The van der Waals surface area contributed by atoms with Crippen molar-refractivity contribution in [3.63, 3.8) is 0 Å². The van der Waals surface area contributed by atoms with Crippen molar-refractivity contribution in [2.24, 2.45) is 5.92 Å². The Bertz CT molecular complexity index is 442. The van der Waals surface area contributed by atoms with Crippen LogP contribution in [0, 0.1) is 5.92 Å². The van der Waals surface area contributed by atoms with E-state index in [1.165, 1.54) is 6.92 Å². The fraction of sp³-hybridized carbons (Fsp3) is 0.429. The highest BCUT2D eigenvalue weighted by molar-refractivity contribution is 9.10. The summed E-state index contributed by atoms with van der Waals surface area (Å²) in [6.07, 6.45) is 0. The second-order valence-electron chi connectivity index (χ2n) is 4.15. The van der Waals surface area contributed by atoms with Crippen LogP contribution in [0.4, 0.5) is 0 Å². The Hall–Kier alpha value is -1.16. The summed E-state index contributed by atoms with van der Waals surface area (Å²) in [5.74, 6) is -1.58. The van der Waals surface area contributed by atoms with E-state index in [-0.39, 0.29) is 18.3 Å². The van der Waals surface area contributed by atoms with Crippen LogP contribution >= 0.6 is 15.9 Å². The fourth-order valence-corrected chi connectivity index (χ4v) is 2.62. The SMILES string of the molecule is CCOC(=O)C(C(C)=O)C(C)c1ccccc1Br. The third-order valence-electron chi connectivity index (χ3n) is 2.87. The number of rotatable bonds is 5. The van der Waals surface area contributed by atoms with Crippen LogP contribution < -0.4 is 0 Å². The summed E-state index contributed by atoms with van der Waals surface area (Å²) in [6.45, 7) is 5.31. The van der Waals surface area contributed by atoms with E-state index in [9.17, 15) is 9.59 Å². The molecule has 1 rings (SSSR count). The maximum absolute atomic E-state index is 11.9. The third kappa shape index (κ3) is 3.42. The van der Waals surface area contributed by atoms with E-state index in [1.807, 2.05) is 31.2 Å². The van der Waals surface area contributed by atoms with Gasteiger partial charge in [0.2, 0.25) is 0 Å². The predicted molar refractivity (Wildman–Crippen MR) is 73.4 cm³/mol. The second kappa shape index (κ2) is 6.69. The number of esters is 1. The smallest absolute Gasteiger partial charge is 0.317 e. The standard InChI is InChI=1S/C14H17BrO3/c1-4-18-14(17)13(10(3)16)9(2)11-7-5-6-8-12(11)15/h5-9,13H,4H2,1-3H3. The van der Waals surface area contributed by atoms with Crippen LogP contribution in [0.5, 0.6) is 0 Å². The molecular weight excluding hydrogens is 296 g/mol. The Kier molecular flexibility index (Phi) is 5.54. The Labute approximate surface area is 116 Å². The molecule has 1 aromatic rings. The number of halogens is 1. The molecule has 0 aliphatic rings. The van der Waals surface area contributed by atoms with Gasteiger partial charge >= 0.3 is 5.97 Å². The molecule has 0 fully saturated rings. The minimum Gasteiger partial charge on any atom is -0.465 e. The Morgan fingerprint density at radius 1 is 1.33 bits per heavy atom. The monoisotopic (exact) mass is 312 g/mol. The molecule has 0 saturated carbocycles. The summed E-state index contributed by atoms with van der Waals surface area (Å²) in [7, 11) is 0. The van der Waals surface area contributed by atoms with Crippen molar-refractivity contribution in [3.8, 4) is 0 Å². The number of carbonyl (C=O) groups excluding carboxylic acids is 2. The molecule has 0 aliphatic heterocycles. The number of ketones is 1. The zero-order valence-corrected chi connectivity index (χ0v) is 12.4. The number of carbonyl (C=O) groups is 2. The number of ether oxygens (including phenoxy) is 1. The average molecular weight is 313 g/mol. The lowest BCUT2D eigenvalue weighted by Gasteiger charge is -2.21. The van der Waals surface area contributed by atoms with Crippen LogP contribution in [0.25, 0.3) is 0 Å². The Morgan fingerprint density at radius 2 is 1.94 bits per heavy atom. The number of Topliss-reactive ketones (excluding diaryl/α,β-unsaturated/α-hetero) is 1. The lowest BCUT2D eigenvalue weighted by atomic mass is 9.85. The van der Waals surface area contributed by atoms with Gasteiger partial charge in [0.25, 0.3) is 0 Å². The van der Waals surface area contributed by atoms with Crippen molar-refractivity contribution in [3.05, 3.63) is 34.3 Å². The van der Waals surface area contributed by atoms with E-state index in [0.717, 1.165) is 10.0 Å². The van der Waals surface area contributed by atoms with E-state index >= 15 is 0 Å². The molecule has 0 saturated heterocycles. The number of hydrogen-bond donors (Lipinski definition) is 0. The summed E-state index contributed by atoms with van der Waals surface area (Å²) >= 11 is 3.44. The zero-order chi connectivity index (χ0) is 13.7. The van der Waals surface area contributed by atoms with Gasteiger partial charge in [-0.25, -0.2) is 0 Å². The molecule has 0 spiro atoms. The molecule has 0 aliphatic carbocycles. The molecule has 0 heterocycles. The normalized spacial score (nSPS) is 13.8. The van der Waals surface area contributed by atoms with Gasteiger partial charge in [-0.1, -0.05) is 41.1 Å². The minimum atomic E-state index is -0.747. The van der Waals surface area contributed by atoms with Crippen molar-refractivity contribution in [1.82, 2.24) is 0 Å². The first-order valence-electron chi connectivity index (χ1n) is 5.90. The molecule has 18 heavy (non-hydrogen) atoms. The summed E-state index contributed by atoms with van der Waals surface area (Å²) in [5, 5.41) is 0. The molecule has 2 atom stereocenters. The third-order valence-corrected chi connectivity index (χ3v) is 3.60. The van der Waals surface area contributed by atoms with E-state index in [4.69, 9.17) is 4.74 Å². The molecule has 0 N–H and O–H groups in total. The fourth-order valence-electron chi connectivity index (χ4n) is 1.98. The van der Waals surface area contributed by atoms with Gasteiger partial charge in [-0.15, -0.1) is 0 Å². The van der Waals surface area contributed by atoms with Gasteiger partial charge in [0.1, 0.15) is 11.7 Å². The first kappa shape index (κ1) is 14.9. The van der Waals surface area contributed by atoms with Crippen molar-refractivity contribution in [2.45, 2.75) is 26.7 Å². The highest BCUT2D eigenvalue weighted by Gasteiger charge is 2.32. The predicted octanol–water partition coefficient (Wildman–Crippen LogP) is 3.32. The van der Waals surface area contributed by atoms with Gasteiger partial charge in [0, 0.05) is 10.4 Å². The zero-order valence-electron chi connectivity index (χ0n) is 10.8. The van der Waals surface area contributed by atoms with E-state index in [0.29, 0.717) is 0 Å². The molecular formula is C14H17BrO3. The molecule has 0 bridgehead atoms. The summed E-state index contributed by atoms with van der Waals surface area (Å²) < 4.78 is 5.87. The first-order valence-corrected chi connectivity index (χ1v) is 6.69. The van der Waals surface area contributed by atoms with Gasteiger partial charge in [-0.05, 0) is 25.5 Å². The van der Waals surface area contributed by atoms with Crippen molar-refractivity contribution in [2.75, 3.05) is 6.61 Å². The molecule has 0 aromatic heterocycles. The maximum Gasteiger partial charge on any atom is 0.317 e. The second-order valence-corrected chi connectivity index (χ2v) is 5.00. The Morgan fingerprint density at radius 3 is 2.44 bits per heavy atom. The molecule has 98 valence electrons. The average Bonchev–Trinajstić information content (AvgIpc) is 2.29. The van der Waals surface area contributed by atoms with Crippen molar-refractivity contribution < 1.29 is 14.3 Å². The maximum atomic E-state index is 11.9. The highest BCUT2D eigenvalue weighted by Crippen LogP contribution is 2.31. The quantitative estimate of drug-likeness (QED) is 0.619. The van der Waals surface area contributed by atoms with Crippen LogP contribution in [0.2, 0.25) is 0 Å². The van der Waals surface area contributed by atoms with Crippen LogP contribution in [-0.4, -0.2) is 18.4 Å². The van der Waals surface area contributed by atoms with Crippen molar-refractivity contribution >= 4 is 27.7 Å². The van der Waals surface area contributed by atoms with Crippen LogP contribution in [0.1, 0.15) is 32.3 Å². The van der Waals surface area contributed by atoms with Gasteiger partial charge in [-0.2, -0.15) is 0 Å². The lowest BCUT2D eigenvalue weighted by molar-refractivity contribution is -0.151. The molecule has 2 unspecified atom stereocenters. The molecule has 3 nitrogen and oxygen atoms in total. The van der Waals surface area contributed by atoms with Crippen molar-refractivity contribution in [1.29, 1.82) is 0 Å². The van der Waals surface area contributed by atoms with Gasteiger partial charge < -0.3 is 4.74 Å². The molecule has 1 aromatic carbocycles. The summed E-state index contributed by atoms with van der Waals surface area (Å²) in [4.78, 5) is 23.5. The highest BCUT2D eigenvalue weighted by atomic mass is 79.9. The van der Waals surface area contributed by atoms with E-state index < -0.39 is 11.9 Å². The molecule has 0 radical (unpaired) electrons. The summed E-state index contributed by atoms with van der Waals surface area (Å²) in [5.41, 5.74) is 0.936. The first-order chi connectivity index (χ1) is 8.49. The van der Waals surface area contributed by atoms with Crippen LogP contribution in [-0.2, 0) is 14.3 Å².